The lowest BCUT2D eigenvalue weighted by atomic mass is 10.0. The number of pyridine rings is 1. The Bertz CT molecular complexity index is 1000. The van der Waals surface area contributed by atoms with Crippen molar-refractivity contribution in [3.8, 4) is 17.2 Å². The second-order valence-electron chi connectivity index (χ2n) is 5.21. The first-order valence-corrected chi connectivity index (χ1v) is 8.45. The minimum atomic E-state index is -0.370. The Morgan fingerprint density at radius 3 is 2.42 bits per heavy atom. The molecule has 1 aromatic heterocycles. The molecular weight excluding hydrogens is 340 g/mol. The molecule has 3 rings (SSSR count). The zero-order valence-corrected chi connectivity index (χ0v) is 14.4. The third kappa shape index (κ3) is 3.23. The van der Waals surface area contributed by atoms with Crippen LogP contribution in [0, 0.1) is 18.3 Å². The first-order chi connectivity index (χ1) is 11.6. The Balaban J connectivity index is 2.17. The number of rotatable bonds is 3. The van der Waals surface area contributed by atoms with Gasteiger partial charge in [-0.1, -0.05) is 53.7 Å². The van der Waals surface area contributed by atoms with Gasteiger partial charge < -0.3 is 4.98 Å². The number of hydrogen-bond acceptors (Lipinski definition) is 3. The molecule has 0 atom stereocenters. The van der Waals surface area contributed by atoms with Gasteiger partial charge in [0, 0.05) is 21.0 Å². The number of H-pyrrole nitrogens is 1. The van der Waals surface area contributed by atoms with Crippen molar-refractivity contribution in [2.45, 2.75) is 16.7 Å². The lowest BCUT2D eigenvalue weighted by Crippen LogP contribution is -2.12. The Morgan fingerprint density at radius 2 is 1.71 bits per heavy atom. The topological polar surface area (TPSA) is 56.6 Å². The predicted molar refractivity (Wildman–Crippen MR) is 97.5 cm³/mol. The van der Waals surface area contributed by atoms with Gasteiger partial charge in [0.05, 0.1) is 5.02 Å². The molecule has 1 heterocycles. The summed E-state index contributed by atoms with van der Waals surface area (Å²) >= 11 is 7.77. The Labute approximate surface area is 148 Å². The summed E-state index contributed by atoms with van der Waals surface area (Å²) in [5.41, 5.74) is 1.94. The van der Waals surface area contributed by atoms with Crippen molar-refractivity contribution in [2.24, 2.45) is 0 Å². The minimum absolute atomic E-state index is 0.118. The number of aryl methyl sites for hydroxylation is 1. The van der Waals surface area contributed by atoms with Gasteiger partial charge in [0.25, 0.3) is 5.56 Å². The van der Waals surface area contributed by atoms with Gasteiger partial charge in [0.2, 0.25) is 0 Å². The molecule has 24 heavy (non-hydrogen) atoms. The molecule has 0 spiro atoms. The molecule has 0 unspecified atom stereocenters. The second kappa shape index (κ2) is 6.96. The maximum Gasteiger partial charge on any atom is 0.266 e. The second-order valence-corrected chi connectivity index (χ2v) is 6.70. The fraction of sp³-hybridized carbons (Fsp3) is 0.0526. The van der Waals surface area contributed by atoms with Gasteiger partial charge in [-0.05, 0) is 36.8 Å². The van der Waals surface area contributed by atoms with E-state index >= 15 is 0 Å². The highest BCUT2D eigenvalue weighted by atomic mass is 35.5. The Kier molecular flexibility index (Phi) is 4.75. The highest BCUT2D eigenvalue weighted by Gasteiger charge is 2.14. The number of hydrogen-bond donors (Lipinski definition) is 1. The molecule has 3 aromatic rings. The quantitative estimate of drug-likeness (QED) is 0.719. The van der Waals surface area contributed by atoms with Crippen molar-refractivity contribution < 1.29 is 0 Å². The van der Waals surface area contributed by atoms with E-state index in [9.17, 15) is 10.1 Å². The van der Waals surface area contributed by atoms with E-state index in [2.05, 4.69) is 4.98 Å². The van der Waals surface area contributed by atoms with E-state index in [1.165, 1.54) is 11.8 Å². The molecule has 0 saturated heterocycles. The summed E-state index contributed by atoms with van der Waals surface area (Å²) in [6, 6.07) is 19.1. The summed E-state index contributed by atoms with van der Waals surface area (Å²) in [5.74, 6) is 0. The lowest BCUT2D eigenvalue weighted by Gasteiger charge is -2.12. The smallest absolute Gasteiger partial charge is 0.266 e. The number of aromatic amines is 1. The van der Waals surface area contributed by atoms with E-state index in [1.54, 1.807) is 6.92 Å². The first-order valence-electron chi connectivity index (χ1n) is 7.26. The number of aromatic nitrogens is 1. The minimum Gasteiger partial charge on any atom is -0.325 e. The van der Waals surface area contributed by atoms with Gasteiger partial charge in [-0.25, -0.2) is 0 Å². The standard InChI is InChI=1S/C19H13ClN2OS/c1-12-10-14(15(11-21)19(23)22-12)13-6-2-4-8-17(13)24-18-9-5-3-7-16(18)20/h2-10H,1H3,(H,22,23). The summed E-state index contributed by atoms with van der Waals surface area (Å²) in [6.07, 6.45) is 0. The third-order valence-corrected chi connectivity index (χ3v) is 5.11. The van der Waals surface area contributed by atoms with Crippen molar-refractivity contribution in [2.75, 3.05) is 0 Å². The van der Waals surface area contributed by atoms with Crippen LogP contribution in [-0.4, -0.2) is 4.98 Å². The molecule has 3 nitrogen and oxygen atoms in total. The van der Waals surface area contributed by atoms with Crippen molar-refractivity contribution in [1.82, 2.24) is 4.98 Å². The maximum absolute atomic E-state index is 12.1. The summed E-state index contributed by atoms with van der Waals surface area (Å²) < 4.78 is 0. The molecule has 0 radical (unpaired) electrons. The molecule has 5 heteroatoms. The number of nitrogens with one attached hydrogen (secondary N) is 1. The molecular formula is C19H13ClN2OS. The number of nitrogens with zero attached hydrogens (tertiary/aromatic N) is 1. The summed E-state index contributed by atoms with van der Waals surface area (Å²) in [4.78, 5) is 16.6. The highest BCUT2D eigenvalue weighted by molar-refractivity contribution is 7.99. The van der Waals surface area contributed by atoms with E-state index in [1.807, 2.05) is 60.7 Å². The molecule has 118 valence electrons. The third-order valence-electron chi connectivity index (χ3n) is 3.51. The molecule has 0 saturated carbocycles. The van der Waals surface area contributed by atoms with Crippen LogP contribution in [0.15, 0.2) is 69.2 Å². The molecule has 0 bridgehead atoms. The zero-order valence-electron chi connectivity index (χ0n) is 12.8. The van der Waals surface area contributed by atoms with Crippen molar-refractivity contribution in [3.05, 3.63) is 81.2 Å². The van der Waals surface area contributed by atoms with Gasteiger partial charge in [0.15, 0.2) is 0 Å². The summed E-state index contributed by atoms with van der Waals surface area (Å²) in [5, 5.41) is 10.0. The number of halogens is 1. The van der Waals surface area contributed by atoms with Gasteiger partial charge in [-0.2, -0.15) is 5.26 Å². The molecule has 0 fully saturated rings. The number of nitriles is 1. The average Bonchev–Trinajstić information content (AvgIpc) is 2.57. The van der Waals surface area contributed by atoms with Gasteiger partial charge >= 0.3 is 0 Å². The predicted octanol–water partition coefficient (Wildman–Crippen LogP) is 5.03. The van der Waals surface area contributed by atoms with E-state index < -0.39 is 0 Å². The molecule has 2 aromatic carbocycles. The van der Waals surface area contributed by atoms with Crippen LogP contribution in [0.4, 0.5) is 0 Å². The van der Waals surface area contributed by atoms with Crippen LogP contribution in [0.5, 0.6) is 0 Å². The molecule has 0 aliphatic rings. The Hall–Kier alpha value is -2.48. The van der Waals surface area contributed by atoms with Crippen LogP contribution in [0.25, 0.3) is 11.1 Å². The first kappa shape index (κ1) is 16.4. The van der Waals surface area contributed by atoms with E-state index in [0.29, 0.717) is 16.3 Å². The Morgan fingerprint density at radius 1 is 1.04 bits per heavy atom. The summed E-state index contributed by atoms with van der Waals surface area (Å²) in [7, 11) is 0. The van der Waals surface area contributed by atoms with E-state index in [-0.39, 0.29) is 11.1 Å². The normalized spacial score (nSPS) is 10.4. The molecule has 1 N–H and O–H groups in total. The number of benzene rings is 2. The van der Waals surface area contributed by atoms with Crippen molar-refractivity contribution >= 4 is 23.4 Å². The van der Waals surface area contributed by atoms with E-state index in [0.717, 1.165) is 15.4 Å². The maximum atomic E-state index is 12.1. The van der Waals surface area contributed by atoms with Crippen LogP contribution >= 0.6 is 23.4 Å². The summed E-state index contributed by atoms with van der Waals surface area (Å²) in [6.45, 7) is 1.80. The van der Waals surface area contributed by atoms with Crippen LogP contribution in [0.1, 0.15) is 11.3 Å². The highest BCUT2D eigenvalue weighted by Crippen LogP contribution is 2.39. The van der Waals surface area contributed by atoms with Crippen LogP contribution < -0.4 is 5.56 Å². The molecule has 0 aliphatic carbocycles. The van der Waals surface area contributed by atoms with Crippen molar-refractivity contribution in [1.29, 1.82) is 5.26 Å². The fourth-order valence-electron chi connectivity index (χ4n) is 2.44. The molecule has 0 aliphatic heterocycles. The van der Waals surface area contributed by atoms with Gasteiger partial charge in [-0.3, -0.25) is 4.79 Å². The molecule has 0 amide bonds. The van der Waals surface area contributed by atoms with Crippen LogP contribution in [0.2, 0.25) is 5.02 Å². The van der Waals surface area contributed by atoms with Gasteiger partial charge in [0.1, 0.15) is 11.6 Å². The lowest BCUT2D eigenvalue weighted by molar-refractivity contribution is 1.13. The van der Waals surface area contributed by atoms with Crippen LogP contribution in [-0.2, 0) is 0 Å². The monoisotopic (exact) mass is 352 g/mol. The zero-order chi connectivity index (χ0) is 17.1. The fourth-order valence-corrected chi connectivity index (χ4v) is 3.67. The van der Waals surface area contributed by atoms with Crippen LogP contribution in [0.3, 0.4) is 0 Å². The van der Waals surface area contributed by atoms with Gasteiger partial charge in [-0.15, -0.1) is 0 Å². The van der Waals surface area contributed by atoms with E-state index in [4.69, 9.17) is 11.6 Å². The average molecular weight is 353 g/mol. The largest absolute Gasteiger partial charge is 0.325 e. The van der Waals surface area contributed by atoms with Crippen molar-refractivity contribution in [3.63, 3.8) is 0 Å². The SMILES string of the molecule is Cc1cc(-c2ccccc2Sc2ccccc2Cl)c(C#N)c(=O)[nH]1.